The van der Waals surface area contributed by atoms with E-state index in [4.69, 9.17) is 24.7 Å². The summed E-state index contributed by atoms with van der Waals surface area (Å²) in [4.78, 5) is 8.84. The van der Waals surface area contributed by atoms with Crippen LogP contribution < -0.4 is 0 Å². The van der Waals surface area contributed by atoms with Crippen LogP contribution in [0.5, 0.6) is 0 Å². The van der Waals surface area contributed by atoms with Gasteiger partial charge in [-0.2, -0.15) is 0 Å². The number of aromatic nitrogens is 2. The van der Waals surface area contributed by atoms with E-state index in [2.05, 4.69) is 9.97 Å². The molecule has 0 spiro atoms. The minimum atomic E-state index is -0.828. The second kappa shape index (κ2) is 10.2. The van der Waals surface area contributed by atoms with Gasteiger partial charge < -0.3 is 0 Å². The molecule has 0 amide bonds. The Morgan fingerprint density at radius 1 is 0.477 bits per heavy atom. The lowest BCUT2D eigenvalue weighted by Crippen LogP contribution is -1.88. The molecule has 4 heteroatoms. The zero-order chi connectivity index (χ0) is 46.4. The van der Waals surface area contributed by atoms with E-state index in [1.165, 1.54) is 0 Å². The average Bonchev–Trinajstić information content (AvgIpc) is 3.86. The van der Waals surface area contributed by atoms with E-state index in [0.29, 0.717) is 14.8 Å². The maximum atomic E-state index is 9.54. The minimum absolute atomic E-state index is 0.0265. The number of nitrogens with zero attached hydrogens (tertiary/aromatic N) is 2. The molecule has 0 aliphatic heterocycles. The number of hydrogen-bond acceptors (Lipinski definition) is 4. The van der Waals surface area contributed by atoms with Crippen molar-refractivity contribution in [2.75, 3.05) is 0 Å². The highest BCUT2D eigenvalue weighted by Crippen LogP contribution is 2.42. The van der Waals surface area contributed by atoms with Crippen LogP contribution in [0.2, 0.25) is 0 Å². The number of hydrogen-bond donors (Lipinski definition) is 0. The van der Waals surface area contributed by atoms with Crippen molar-refractivity contribution in [3.05, 3.63) is 145 Å². The lowest BCUT2D eigenvalue weighted by atomic mass is 9.96. The Balaban J connectivity index is 1.32. The van der Waals surface area contributed by atoms with Crippen LogP contribution in [0.3, 0.4) is 0 Å². The lowest BCUT2D eigenvalue weighted by molar-refractivity contribution is 1.24. The lowest BCUT2D eigenvalue weighted by Gasteiger charge is -2.09. The van der Waals surface area contributed by atoms with Gasteiger partial charge in [-0.05, 0) is 63.6 Å². The van der Waals surface area contributed by atoms with Crippen molar-refractivity contribution >= 4 is 63.1 Å². The average molecular weight is 617 g/mol. The van der Waals surface area contributed by atoms with Crippen LogP contribution >= 0.6 is 22.7 Å². The van der Waals surface area contributed by atoms with E-state index in [9.17, 15) is 2.74 Å². The van der Waals surface area contributed by atoms with Gasteiger partial charge in [0.05, 0.1) is 43.3 Å². The fraction of sp³-hybridized carbons (Fsp3) is 0. The Hall–Kier alpha value is -5.16. The van der Waals surface area contributed by atoms with E-state index in [1.54, 1.807) is 18.2 Å². The van der Waals surface area contributed by atoms with Gasteiger partial charge in [-0.1, -0.05) is 109 Å². The molecule has 3 aromatic heterocycles. The molecule has 2 nitrogen and oxygen atoms in total. The fourth-order valence-corrected chi connectivity index (χ4v) is 7.19. The minimum Gasteiger partial charge on any atom is -0.235 e. The molecule has 0 unspecified atom stereocenters. The molecule has 6 aromatic carbocycles. The van der Waals surface area contributed by atoms with E-state index >= 15 is 0 Å². The summed E-state index contributed by atoms with van der Waals surface area (Å²) in [5.41, 5.74) is -1.87. The summed E-state index contributed by atoms with van der Waals surface area (Å²) in [6.45, 7) is 0. The summed E-state index contributed by atoms with van der Waals surface area (Å²) in [5.74, 6) is 0. The first kappa shape index (κ1) is 12.4. The second-order valence-electron chi connectivity index (χ2n) is 9.47. The number of fused-ring (bicyclic) bond motifs is 6. The quantitative estimate of drug-likeness (QED) is 0.197. The second-order valence-corrected chi connectivity index (χ2v) is 11.5. The molecule has 0 saturated heterocycles. The van der Waals surface area contributed by atoms with Crippen molar-refractivity contribution in [3.63, 3.8) is 0 Å². The molecule has 0 fully saturated rings. The van der Waals surface area contributed by atoms with E-state index in [-0.39, 0.29) is 53.6 Å². The van der Waals surface area contributed by atoms with Crippen molar-refractivity contribution in [1.82, 2.24) is 9.97 Å². The molecule has 0 radical (unpaired) electrons. The molecule has 44 heavy (non-hydrogen) atoms. The number of rotatable bonds is 4. The largest absolute Gasteiger partial charge is 0.235 e. The van der Waals surface area contributed by atoms with Gasteiger partial charge in [0, 0.05) is 35.8 Å². The maximum absolute atomic E-state index is 9.54. The maximum Gasteiger partial charge on any atom is 0.116 e. The Morgan fingerprint density at radius 2 is 1.16 bits per heavy atom. The fourth-order valence-electron chi connectivity index (χ4n) is 4.99. The smallest absolute Gasteiger partial charge is 0.116 e. The van der Waals surface area contributed by atoms with Gasteiger partial charge in [0.25, 0.3) is 0 Å². The highest BCUT2D eigenvalue weighted by molar-refractivity contribution is 7.26. The van der Waals surface area contributed by atoms with Crippen LogP contribution in [0, 0.1) is 0 Å². The molecular formula is C40H24N2S2. The van der Waals surface area contributed by atoms with Crippen molar-refractivity contribution < 1.29 is 27.4 Å². The highest BCUT2D eigenvalue weighted by atomic mass is 32.1. The molecule has 9 aromatic rings. The van der Waals surface area contributed by atoms with E-state index in [1.807, 2.05) is 0 Å². The highest BCUT2D eigenvalue weighted by Gasteiger charge is 2.15. The van der Waals surface area contributed by atoms with Gasteiger partial charge in [0.1, 0.15) is 6.33 Å². The molecule has 0 atom stereocenters. The number of thiophene rings is 2. The van der Waals surface area contributed by atoms with Crippen molar-refractivity contribution in [2.45, 2.75) is 0 Å². The van der Waals surface area contributed by atoms with Crippen molar-refractivity contribution in [3.8, 4) is 44.6 Å². The van der Waals surface area contributed by atoms with Gasteiger partial charge >= 0.3 is 0 Å². The van der Waals surface area contributed by atoms with Gasteiger partial charge in [0.15, 0.2) is 0 Å². The van der Waals surface area contributed by atoms with E-state index < -0.39 is 138 Å². The molecule has 0 saturated carbocycles. The Labute approximate surface area is 290 Å². The third-order valence-electron chi connectivity index (χ3n) is 6.96. The van der Waals surface area contributed by atoms with Crippen LogP contribution in [0.4, 0.5) is 0 Å². The Kier molecular flexibility index (Phi) is 2.90. The van der Waals surface area contributed by atoms with Crippen molar-refractivity contribution in [1.29, 1.82) is 0 Å². The van der Waals surface area contributed by atoms with Gasteiger partial charge in [-0.25, -0.2) is 9.97 Å². The SMILES string of the molecule is [2H]c1c([2H])c([2H])c(-c2ccc3sc4c(-c5c([2H])c([2H])c([2H])c(-c6c([2H])c([2H])c([2H])c(-c7c([2H])c([2H])c([2H])c8c7sc7c([2H])c([2H])c([2H])c([2H])c78)c6[2H])c5[2H])ncnc4c3c2)c([2H])c1[2H]. The molecule has 0 bridgehead atoms. The van der Waals surface area contributed by atoms with E-state index in [0.717, 1.165) is 29.0 Å². The summed E-state index contributed by atoms with van der Waals surface area (Å²) in [6, 6.07) is -7.72. The van der Waals surface area contributed by atoms with Gasteiger partial charge in [-0.15, -0.1) is 22.7 Å². The monoisotopic (exact) mass is 616 g/mol. The van der Waals surface area contributed by atoms with Gasteiger partial charge in [0.2, 0.25) is 0 Å². The summed E-state index contributed by atoms with van der Waals surface area (Å²) >= 11 is 1.86. The Bertz CT molecular complexity index is 3610. The molecule has 0 N–H and O–H groups in total. The predicted octanol–water partition coefficient (Wildman–Crippen LogP) is 11.9. The zero-order valence-electron chi connectivity index (χ0n) is 42.0. The summed E-state index contributed by atoms with van der Waals surface area (Å²) < 4.78 is 175. The molecule has 3 heterocycles. The molecule has 0 aliphatic rings. The van der Waals surface area contributed by atoms with Crippen molar-refractivity contribution in [2.24, 2.45) is 0 Å². The molecule has 9 rings (SSSR count). The third-order valence-corrected chi connectivity index (χ3v) is 9.25. The molecule has 206 valence electrons. The summed E-state index contributed by atoms with van der Waals surface area (Å²) in [5, 5.41) is 0.189. The molecule has 0 aliphatic carbocycles. The first-order chi connectivity index (χ1) is 30.1. The van der Waals surface area contributed by atoms with Gasteiger partial charge in [-0.3, -0.25) is 0 Å². The van der Waals surface area contributed by atoms with Crippen LogP contribution in [0.25, 0.3) is 85.1 Å². The van der Waals surface area contributed by atoms with Crippen LogP contribution in [-0.4, -0.2) is 9.97 Å². The molecular weight excluding hydrogens is 573 g/mol. The first-order valence-corrected chi connectivity index (χ1v) is 14.7. The number of benzene rings is 6. The van der Waals surface area contributed by atoms with Crippen LogP contribution in [0.15, 0.2) is 145 Å². The predicted molar refractivity (Wildman–Crippen MR) is 190 cm³/mol. The van der Waals surface area contributed by atoms with Crippen LogP contribution in [0.1, 0.15) is 27.4 Å². The normalized spacial score (nSPS) is 18.0. The Morgan fingerprint density at radius 3 is 2.05 bits per heavy atom. The summed E-state index contributed by atoms with van der Waals surface area (Å²) in [7, 11) is 0. The third kappa shape index (κ3) is 4.15. The first-order valence-electron chi connectivity index (χ1n) is 23.0. The topological polar surface area (TPSA) is 25.8 Å². The van der Waals surface area contributed by atoms with Crippen LogP contribution in [-0.2, 0) is 0 Å². The zero-order valence-corrected chi connectivity index (χ0v) is 23.7. The standard InChI is InChI=1S/C40H24N2S2/c1-2-9-25(10-3-1)28-19-20-36-34(23-28)38-40(44-36)37(41-24-42-38)30-14-7-12-27(22-30)26-11-6-13-29(21-26)31-16-8-17-33-32-15-4-5-18-35(32)43-39(31)33/h1-24H/i1D,2D,3D,4D,5D,6D,7D,8D,9D,10D,11D,12D,13D,14D,15D,16D,17D,18D,21D,22D. The summed E-state index contributed by atoms with van der Waals surface area (Å²) in [6.07, 6.45) is 1.14.